The van der Waals surface area contributed by atoms with Gasteiger partial charge in [-0.3, -0.25) is 9.59 Å². The molecule has 1 amide bonds. The first-order valence-corrected chi connectivity index (χ1v) is 6.39. The fourth-order valence-corrected chi connectivity index (χ4v) is 2.01. The quantitative estimate of drug-likeness (QED) is 0.758. The number of nitrogens with zero attached hydrogens (tertiary/aromatic N) is 1. The molecule has 2 rings (SSSR count). The lowest BCUT2D eigenvalue weighted by Crippen LogP contribution is -2.43. The lowest BCUT2D eigenvalue weighted by atomic mass is 10.1. The van der Waals surface area contributed by atoms with Gasteiger partial charge in [0.25, 0.3) is 5.91 Å². The Bertz CT molecular complexity index is 481. The summed E-state index contributed by atoms with van der Waals surface area (Å²) in [6, 6.07) is 8.75. The fourth-order valence-electron chi connectivity index (χ4n) is 2.01. The fraction of sp³-hybridized carbons (Fsp3) is 0.333. The maximum Gasteiger partial charge on any atom is 0.261 e. The molecule has 0 aromatic heterocycles. The van der Waals surface area contributed by atoms with Crippen LogP contribution in [-0.4, -0.2) is 35.8 Å². The summed E-state index contributed by atoms with van der Waals surface area (Å²) >= 11 is 0. The van der Waals surface area contributed by atoms with Crippen LogP contribution in [-0.2, 0) is 9.59 Å². The Morgan fingerprint density at radius 3 is 2.74 bits per heavy atom. The minimum absolute atomic E-state index is 0.0425. The SMILES string of the molecule is CCC(=O)[C@H]1C=CCN1C(=O)COc1ccccc1. The topological polar surface area (TPSA) is 46.6 Å². The summed E-state index contributed by atoms with van der Waals surface area (Å²) in [5.41, 5.74) is 0. The number of hydrogen-bond acceptors (Lipinski definition) is 3. The monoisotopic (exact) mass is 259 g/mol. The number of ketones is 1. The molecular weight excluding hydrogens is 242 g/mol. The lowest BCUT2D eigenvalue weighted by Gasteiger charge is -2.23. The van der Waals surface area contributed by atoms with E-state index in [9.17, 15) is 9.59 Å². The summed E-state index contributed by atoms with van der Waals surface area (Å²) in [6.45, 7) is 2.24. The molecule has 1 aromatic carbocycles. The smallest absolute Gasteiger partial charge is 0.261 e. The first kappa shape index (κ1) is 13.3. The van der Waals surface area contributed by atoms with Crippen molar-refractivity contribution in [2.24, 2.45) is 0 Å². The molecule has 0 saturated heterocycles. The van der Waals surface area contributed by atoms with Crippen molar-refractivity contribution in [1.82, 2.24) is 4.90 Å². The molecule has 4 nitrogen and oxygen atoms in total. The van der Waals surface area contributed by atoms with Crippen molar-refractivity contribution in [2.45, 2.75) is 19.4 Å². The average molecular weight is 259 g/mol. The van der Waals surface area contributed by atoms with Crippen molar-refractivity contribution in [3.63, 3.8) is 0 Å². The molecule has 1 aliphatic heterocycles. The molecule has 0 N–H and O–H groups in total. The zero-order valence-corrected chi connectivity index (χ0v) is 10.9. The van der Waals surface area contributed by atoms with Gasteiger partial charge in [-0.05, 0) is 12.1 Å². The van der Waals surface area contributed by atoms with E-state index in [2.05, 4.69) is 0 Å². The third-order valence-corrected chi connectivity index (χ3v) is 3.06. The zero-order chi connectivity index (χ0) is 13.7. The number of benzene rings is 1. The highest BCUT2D eigenvalue weighted by atomic mass is 16.5. The van der Waals surface area contributed by atoms with E-state index in [-0.39, 0.29) is 18.3 Å². The normalized spacial score (nSPS) is 17.5. The molecular formula is C15H17NO3. The van der Waals surface area contributed by atoms with Crippen LogP contribution in [0.2, 0.25) is 0 Å². The van der Waals surface area contributed by atoms with E-state index in [1.165, 1.54) is 0 Å². The third-order valence-electron chi connectivity index (χ3n) is 3.06. The number of Topliss-reactive ketones (excluding diaryl/α,β-unsaturated/α-hetero) is 1. The molecule has 1 aliphatic rings. The zero-order valence-electron chi connectivity index (χ0n) is 10.9. The summed E-state index contributed by atoms with van der Waals surface area (Å²) in [6.07, 6.45) is 4.06. The first-order chi connectivity index (χ1) is 9.22. The van der Waals surface area contributed by atoms with Gasteiger partial charge in [-0.15, -0.1) is 0 Å². The van der Waals surface area contributed by atoms with Gasteiger partial charge in [-0.25, -0.2) is 0 Å². The van der Waals surface area contributed by atoms with E-state index in [4.69, 9.17) is 4.74 Å². The number of carbonyl (C=O) groups excluding carboxylic acids is 2. The largest absolute Gasteiger partial charge is 0.484 e. The van der Waals surface area contributed by atoms with Crippen LogP contribution in [0.25, 0.3) is 0 Å². The lowest BCUT2D eigenvalue weighted by molar-refractivity contribution is -0.138. The summed E-state index contributed by atoms with van der Waals surface area (Å²) < 4.78 is 5.41. The van der Waals surface area contributed by atoms with E-state index < -0.39 is 6.04 Å². The van der Waals surface area contributed by atoms with E-state index >= 15 is 0 Å². The molecule has 0 unspecified atom stereocenters. The number of amides is 1. The van der Waals surface area contributed by atoms with E-state index in [0.29, 0.717) is 18.7 Å². The molecule has 0 radical (unpaired) electrons. The van der Waals surface area contributed by atoms with Gasteiger partial charge in [-0.1, -0.05) is 37.3 Å². The minimum atomic E-state index is -0.420. The summed E-state index contributed by atoms with van der Waals surface area (Å²) in [5.74, 6) is 0.545. The predicted molar refractivity (Wildman–Crippen MR) is 71.9 cm³/mol. The maximum absolute atomic E-state index is 12.1. The van der Waals surface area contributed by atoms with Crippen LogP contribution >= 0.6 is 0 Å². The number of hydrogen-bond donors (Lipinski definition) is 0. The van der Waals surface area contributed by atoms with Crippen molar-refractivity contribution in [3.05, 3.63) is 42.5 Å². The van der Waals surface area contributed by atoms with Gasteiger partial charge in [0.2, 0.25) is 0 Å². The van der Waals surface area contributed by atoms with Gasteiger partial charge in [-0.2, -0.15) is 0 Å². The number of rotatable bonds is 5. The van der Waals surface area contributed by atoms with Crippen LogP contribution < -0.4 is 4.74 Å². The Balaban J connectivity index is 1.91. The van der Waals surface area contributed by atoms with Crippen molar-refractivity contribution in [1.29, 1.82) is 0 Å². The van der Waals surface area contributed by atoms with Gasteiger partial charge < -0.3 is 9.64 Å². The molecule has 4 heteroatoms. The Kier molecular flexibility index (Phi) is 4.34. The van der Waals surface area contributed by atoms with Gasteiger partial charge in [0.15, 0.2) is 12.4 Å². The van der Waals surface area contributed by atoms with Crippen molar-refractivity contribution in [3.8, 4) is 5.75 Å². The molecule has 1 heterocycles. The highest BCUT2D eigenvalue weighted by Crippen LogP contribution is 2.14. The van der Waals surface area contributed by atoms with Gasteiger partial charge in [0, 0.05) is 13.0 Å². The molecule has 1 aromatic rings. The molecule has 0 aliphatic carbocycles. The Labute approximate surface area is 112 Å². The highest BCUT2D eigenvalue weighted by Gasteiger charge is 2.29. The molecule has 100 valence electrons. The molecule has 1 atom stereocenters. The second kappa shape index (κ2) is 6.18. The Hall–Kier alpha value is -2.10. The first-order valence-electron chi connectivity index (χ1n) is 6.39. The molecule has 0 saturated carbocycles. The summed E-state index contributed by atoms with van der Waals surface area (Å²) in [4.78, 5) is 25.3. The van der Waals surface area contributed by atoms with Gasteiger partial charge >= 0.3 is 0 Å². The molecule has 0 spiro atoms. The Morgan fingerprint density at radius 1 is 1.32 bits per heavy atom. The number of carbonyl (C=O) groups is 2. The van der Waals surface area contributed by atoms with E-state index in [0.717, 1.165) is 0 Å². The van der Waals surface area contributed by atoms with Crippen LogP contribution in [0.3, 0.4) is 0 Å². The third kappa shape index (κ3) is 3.22. The number of para-hydroxylation sites is 1. The average Bonchev–Trinajstić information content (AvgIpc) is 2.94. The standard InChI is InChI=1S/C15H17NO3/c1-2-14(17)13-9-6-10-16(13)15(18)11-19-12-7-4-3-5-8-12/h3-9,13H,2,10-11H2,1H3/t13-/m1/s1. The molecule has 19 heavy (non-hydrogen) atoms. The van der Waals surface area contributed by atoms with Gasteiger partial charge in [0.05, 0.1) is 0 Å². The van der Waals surface area contributed by atoms with Crippen molar-refractivity contribution in [2.75, 3.05) is 13.2 Å². The Morgan fingerprint density at radius 2 is 2.05 bits per heavy atom. The van der Waals surface area contributed by atoms with Crippen molar-refractivity contribution >= 4 is 11.7 Å². The molecule has 0 bridgehead atoms. The minimum Gasteiger partial charge on any atom is -0.484 e. The van der Waals surface area contributed by atoms with Crippen LogP contribution in [0, 0.1) is 0 Å². The maximum atomic E-state index is 12.1. The van der Waals surface area contributed by atoms with E-state index in [1.807, 2.05) is 24.3 Å². The summed E-state index contributed by atoms with van der Waals surface area (Å²) in [7, 11) is 0. The predicted octanol–water partition coefficient (Wildman–Crippen LogP) is 1.81. The van der Waals surface area contributed by atoms with Crippen LogP contribution in [0.1, 0.15) is 13.3 Å². The second-order valence-electron chi connectivity index (χ2n) is 4.34. The van der Waals surface area contributed by atoms with Crippen LogP contribution in [0.4, 0.5) is 0 Å². The van der Waals surface area contributed by atoms with Crippen molar-refractivity contribution < 1.29 is 14.3 Å². The molecule has 0 fully saturated rings. The van der Waals surface area contributed by atoms with Gasteiger partial charge in [0.1, 0.15) is 11.8 Å². The van der Waals surface area contributed by atoms with Crippen LogP contribution in [0.5, 0.6) is 5.75 Å². The van der Waals surface area contributed by atoms with Crippen LogP contribution in [0.15, 0.2) is 42.5 Å². The summed E-state index contributed by atoms with van der Waals surface area (Å²) in [5, 5.41) is 0. The van der Waals surface area contributed by atoms with E-state index in [1.54, 1.807) is 30.0 Å². The second-order valence-corrected chi connectivity index (χ2v) is 4.34. The number of ether oxygens (including phenoxy) is 1. The highest BCUT2D eigenvalue weighted by molar-refractivity contribution is 5.91.